The van der Waals surface area contributed by atoms with Gasteiger partial charge >= 0.3 is 0 Å². The summed E-state index contributed by atoms with van der Waals surface area (Å²) in [6.07, 6.45) is 10.2. The van der Waals surface area contributed by atoms with E-state index in [0.717, 1.165) is 85.2 Å². The van der Waals surface area contributed by atoms with Crippen LogP contribution in [-0.4, -0.2) is 62.7 Å². The molecule has 8 heteroatoms. The van der Waals surface area contributed by atoms with Gasteiger partial charge in [0.2, 0.25) is 5.75 Å². The molecule has 0 bridgehead atoms. The van der Waals surface area contributed by atoms with Crippen molar-refractivity contribution in [3.05, 3.63) is 102 Å². The highest BCUT2D eigenvalue weighted by Gasteiger charge is 2.23. The number of unbranched alkanes of at least 4 members (excludes halogenated alkanes) is 3. The highest BCUT2D eigenvalue weighted by Crippen LogP contribution is 2.45. The maximum atomic E-state index is 5.91. The number of methoxy groups -OCH3 is 5. The molecule has 2 heterocycles. The zero-order valence-corrected chi connectivity index (χ0v) is 36.0. The number of aromatic nitrogens is 2. The Balaban J connectivity index is 0.000000221. The molecule has 0 aliphatic heterocycles. The topological polar surface area (TPSA) is 59.3 Å². The van der Waals surface area contributed by atoms with Crippen molar-refractivity contribution in [1.82, 2.24) is 14.0 Å². The van der Waals surface area contributed by atoms with Gasteiger partial charge in [0.05, 0.1) is 46.6 Å². The van der Waals surface area contributed by atoms with Crippen LogP contribution in [0.1, 0.15) is 89.6 Å². The predicted octanol–water partition coefficient (Wildman–Crippen LogP) is 12.0. The molecule has 4 aromatic carbocycles. The van der Waals surface area contributed by atoms with Gasteiger partial charge in [-0.05, 0) is 87.7 Å². The van der Waals surface area contributed by atoms with Gasteiger partial charge < -0.3 is 32.8 Å². The van der Waals surface area contributed by atoms with E-state index < -0.39 is 0 Å². The number of rotatable bonds is 20. The molecule has 57 heavy (non-hydrogen) atoms. The Hall–Kier alpha value is -5.08. The zero-order chi connectivity index (χ0) is 40.7. The molecule has 0 spiro atoms. The molecule has 0 fully saturated rings. The first-order chi connectivity index (χ1) is 27.9. The fraction of sp³-hybridized carbons (Fsp3) is 0.429. The third-order valence-corrected chi connectivity index (χ3v) is 10.6. The number of fused-ring (bicyclic) bond motifs is 2. The lowest BCUT2D eigenvalue weighted by Crippen LogP contribution is -2.26. The van der Waals surface area contributed by atoms with Gasteiger partial charge in [-0.3, -0.25) is 4.90 Å². The fourth-order valence-electron chi connectivity index (χ4n) is 7.98. The lowest BCUT2D eigenvalue weighted by molar-refractivity contribution is 0.258. The molecule has 0 saturated heterocycles. The van der Waals surface area contributed by atoms with Gasteiger partial charge in [0.1, 0.15) is 0 Å². The number of ether oxygens (including phenoxy) is 5. The zero-order valence-electron chi connectivity index (χ0n) is 36.0. The van der Waals surface area contributed by atoms with Crippen LogP contribution in [0.25, 0.3) is 33.2 Å². The highest BCUT2D eigenvalue weighted by molar-refractivity contribution is 5.94. The van der Waals surface area contributed by atoms with Gasteiger partial charge in [-0.25, -0.2) is 0 Å². The van der Waals surface area contributed by atoms with Crippen LogP contribution >= 0.6 is 0 Å². The minimum absolute atomic E-state index is 0.632. The van der Waals surface area contributed by atoms with Crippen LogP contribution in [0.2, 0.25) is 0 Å². The van der Waals surface area contributed by atoms with Gasteiger partial charge in [0.15, 0.2) is 23.0 Å². The van der Waals surface area contributed by atoms with Crippen molar-refractivity contribution < 1.29 is 23.7 Å². The number of nitrogens with zero attached hydrogens (tertiary/aromatic N) is 3. The molecule has 0 aliphatic carbocycles. The van der Waals surface area contributed by atoms with Crippen molar-refractivity contribution >= 4 is 21.8 Å². The summed E-state index contributed by atoms with van der Waals surface area (Å²) in [5.74, 6) is 3.73. The standard InChI is InChI=1S/C27H38N2O2.C22H27NO3/c1-6-9-17-28(16-8-3)20-23-19-24-25(29(23)22-14-11-10-12-15-22)18-21(13-7-2)26(30-4)27(24)31-5;1-5-6-8-13-17-14-18-19(23(17)16-11-9-7-10-12-16)15-20(24-2)22(26-4)21(18)25-3/h10-12,14-15,18-19H,6-9,13,16-17,20H2,1-5H3;7,9-12,14-15H,5-6,8,13H2,1-4H3. The molecule has 0 amide bonds. The molecular weight excluding hydrogens is 711 g/mol. The van der Waals surface area contributed by atoms with Crippen molar-refractivity contribution in [2.24, 2.45) is 0 Å². The summed E-state index contributed by atoms with van der Waals surface area (Å²) in [6, 6.07) is 30.0. The Morgan fingerprint density at radius 3 is 1.54 bits per heavy atom. The molecular formula is C49H65N3O5. The Labute approximate surface area is 341 Å². The monoisotopic (exact) mass is 775 g/mol. The van der Waals surface area contributed by atoms with Crippen molar-refractivity contribution in [2.45, 2.75) is 92.0 Å². The lowest BCUT2D eigenvalue weighted by Gasteiger charge is -2.23. The normalized spacial score (nSPS) is 11.2. The number of hydrogen-bond donors (Lipinski definition) is 0. The van der Waals surface area contributed by atoms with Gasteiger partial charge in [0, 0.05) is 51.7 Å². The molecule has 0 aliphatic rings. The van der Waals surface area contributed by atoms with Crippen LogP contribution in [0.15, 0.2) is 84.9 Å². The number of para-hydroxylation sites is 2. The molecule has 2 aromatic heterocycles. The van der Waals surface area contributed by atoms with Gasteiger partial charge in [-0.1, -0.05) is 89.8 Å². The SMILES string of the molecule is CCCCCc1cc2c(OC)c(OC)c(OC)cc2n1-c1ccccc1.CCCCN(CCC)Cc1cc2c(OC)c(OC)c(CCC)cc2n1-c1ccccc1. The van der Waals surface area contributed by atoms with Crippen molar-refractivity contribution in [3.8, 4) is 40.1 Å². The Bertz CT molecular complexity index is 2140. The van der Waals surface area contributed by atoms with Crippen molar-refractivity contribution in [2.75, 3.05) is 48.6 Å². The van der Waals surface area contributed by atoms with E-state index in [-0.39, 0.29) is 0 Å². The van der Waals surface area contributed by atoms with Crippen LogP contribution in [0.5, 0.6) is 28.7 Å². The second kappa shape index (κ2) is 21.4. The minimum Gasteiger partial charge on any atom is -0.493 e. The van der Waals surface area contributed by atoms with Gasteiger partial charge in [-0.2, -0.15) is 0 Å². The molecule has 0 atom stereocenters. The molecule has 6 rings (SSSR count). The Morgan fingerprint density at radius 2 is 1.02 bits per heavy atom. The van der Waals surface area contributed by atoms with E-state index in [1.165, 1.54) is 53.8 Å². The summed E-state index contributed by atoms with van der Waals surface area (Å²) >= 11 is 0. The second-order valence-corrected chi connectivity index (χ2v) is 14.6. The molecule has 0 saturated carbocycles. The van der Waals surface area contributed by atoms with E-state index >= 15 is 0 Å². The first-order valence-electron chi connectivity index (χ1n) is 20.9. The third-order valence-electron chi connectivity index (χ3n) is 10.6. The molecule has 0 unspecified atom stereocenters. The smallest absolute Gasteiger partial charge is 0.204 e. The summed E-state index contributed by atoms with van der Waals surface area (Å²) in [7, 11) is 8.46. The van der Waals surface area contributed by atoms with Crippen molar-refractivity contribution in [1.29, 1.82) is 0 Å². The van der Waals surface area contributed by atoms with Crippen molar-refractivity contribution in [3.63, 3.8) is 0 Å². The summed E-state index contributed by atoms with van der Waals surface area (Å²) in [6.45, 7) is 12.1. The van der Waals surface area contributed by atoms with E-state index in [0.29, 0.717) is 17.2 Å². The van der Waals surface area contributed by atoms with Crippen LogP contribution in [0, 0.1) is 0 Å². The van der Waals surface area contributed by atoms with Gasteiger partial charge in [0.25, 0.3) is 0 Å². The number of hydrogen-bond acceptors (Lipinski definition) is 6. The molecule has 306 valence electrons. The molecule has 0 N–H and O–H groups in total. The largest absolute Gasteiger partial charge is 0.493 e. The quantitative estimate of drug-likeness (QED) is 0.0720. The van der Waals surface area contributed by atoms with Gasteiger partial charge in [-0.15, -0.1) is 0 Å². The van der Waals surface area contributed by atoms with Crippen LogP contribution in [0.4, 0.5) is 0 Å². The first-order valence-corrected chi connectivity index (χ1v) is 20.9. The van der Waals surface area contributed by atoms with E-state index in [1.54, 1.807) is 35.5 Å². The number of aryl methyl sites for hydroxylation is 2. The first kappa shape index (κ1) is 43.1. The van der Waals surface area contributed by atoms with Crippen LogP contribution in [-0.2, 0) is 19.4 Å². The van der Waals surface area contributed by atoms with E-state index in [9.17, 15) is 0 Å². The maximum absolute atomic E-state index is 5.91. The summed E-state index contributed by atoms with van der Waals surface area (Å²) in [4.78, 5) is 2.58. The minimum atomic E-state index is 0.632. The average molecular weight is 776 g/mol. The molecule has 0 radical (unpaired) electrons. The third kappa shape index (κ3) is 9.73. The molecule has 8 nitrogen and oxygen atoms in total. The second-order valence-electron chi connectivity index (χ2n) is 14.6. The lowest BCUT2D eigenvalue weighted by atomic mass is 10.1. The number of benzene rings is 4. The van der Waals surface area contributed by atoms with Crippen LogP contribution in [0.3, 0.4) is 0 Å². The highest BCUT2D eigenvalue weighted by atomic mass is 16.5. The Morgan fingerprint density at radius 1 is 0.474 bits per heavy atom. The maximum Gasteiger partial charge on any atom is 0.204 e. The van der Waals surface area contributed by atoms with E-state index in [4.69, 9.17) is 23.7 Å². The predicted molar refractivity (Wildman–Crippen MR) is 237 cm³/mol. The average Bonchev–Trinajstić information content (AvgIpc) is 3.79. The molecule has 6 aromatic rings. The summed E-state index contributed by atoms with van der Waals surface area (Å²) in [5, 5.41) is 2.16. The fourth-order valence-corrected chi connectivity index (χ4v) is 7.98. The summed E-state index contributed by atoms with van der Waals surface area (Å²) in [5.41, 5.74) is 8.35. The van der Waals surface area contributed by atoms with Crippen LogP contribution < -0.4 is 23.7 Å². The summed E-state index contributed by atoms with van der Waals surface area (Å²) < 4.78 is 33.3. The Kier molecular flexibility index (Phi) is 16.2. The van der Waals surface area contributed by atoms with E-state index in [2.05, 4.69) is 115 Å². The van der Waals surface area contributed by atoms with E-state index in [1.807, 2.05) is 12.1 Å².